The van der Waals surface area contributed by atoms with Gasteiger partial charge < -0.3 is 10.4 Å². The van der Waals surface area contributed by atoms with E-state index in [9.17, 15) is 19.1 Å². The van der Waals surface area contributed by atoms with Crippen LogP contribution in [0.3, 0.4) is 0 Å². The van der Waals surface area contributed by atoms with Crippen molar-refractivity contribution in [3.8, 4) is 11.3 Å². The number of carbonyl (C=O) groups is 2. The number of carboxylic acid groups (broad SMARTS) is 1. The van der Waals surface area contributed by atoms with E-state index in [0.717, 1.165) is 5.39 Å². The lowest BCUT2D eigenvalue weighted by Crippen LogP contribution is -2.42. The predicted molar refractivity (Wildman–Crippen MR) is 131 cm³/mol. The minimum Gasteiger partial charge on any atom is -0.480 e. The number of pyridine rings is 1. The van der Waals surface area contributed by atoms with Gasteiger partial charge in [0, 0.05) is 11.8 Å². The zero-order valence-corrected chi connectivity index (χ0v) is 19.6. The van der Waals surface area contributed by atoms with Gasteiger partial charge >= 0.3 is 5.97 Å². The monoisotopic (exact) mass is 516 g/mol. The summed E-state index contributed by atoms with van der Waals surface area (Å²) in [6.07, 6.45) is 0.0139. The van der Waals surface area contributed by atoms with Gasteiger partial charge in [-0.1, -0.05) is 59.1 Å². The van der Waals surface area contributed by atoms with Crippen molar-refractivity contribution in [2.45, 2.75) is 12.5 Å². The fraction of sp³-hybridized carbons (Fsp3) is 0.0800. The summed E-state index contributed by atoms with van der Waals surface area (Å²) in [6, 6.07) is 16.3. The van der Waals surface area contributed by atoms with Crippen LogP contribution in [0.2, 0.25) is 15.1 Å². The highest BCUT2D eigenvalue weighted by Crippen LogP contribution is 2.31. The molecule has 34 heavy (non-hydrogen) atoms. The fourth-order valence-electron chi connectivity index (χ4n) is 3.56. The Bertz CT molecular complexity index is 1390. The van der Waals surface area contributed by atoms with Crippen molar-refractivity contribution < 1.29 is 19.1 Å². The smallest absolute Gasteiger partial charge is 0.326 e. The average molecular weight is 518 g/mol. The Hall–Kier alpha value is -3.19. The molecule has 0 saturated carbocycles. The summed E-state index contributed by atoms with van der Waals surface area (Å²) in [6.45, 7) is 0. The molecule has 1 atom stereocenters. The van der Waals surface area contributed by atoms with E-state index in [1.165, 1.54) is 24.3 Å². The molecule has 0 fully saturated rings. The van der Waals surface area contributed by atoms with E-state index in [1.807, 2.05) is 0 Å². The topological polar surface area (TPSA) is 79.3 Å². The lowest BCUT2D eigenvalue weighted by molar-refractivity contribution is -0.139. The number of amides is 1. The van der Waals surface area contributed by atoms with E-state index < -0.39 is 23.7 Å². The SMILES string of the molecule is O=C(N[C@@H](Cc1ccc2nc(-c3c(F)cccc3Cl)ccc2c1)C(=O)O)c1c(Cl)cccc1Cl. The minimum atomic E-state index is -1.22. The lowest BCUT2D eigenvalue weighted by Gasteiger charge is -2.16. The van der Waals surface area contributed by atoms with E-state index in [2.05, 4.69) is 10.3 Å². The lowest BCUT2D eigenvalue weighted by atomic mass is 10.0. The molecule has 0 unspecified atom stereocenters. The van der Waals surface area contributed by atoms with Crippen LogP contribution in [0.25, 0.3) is 22.2 Å². The van der Waals surface area contributed by atoms with Gasteiger partial charge in [0.15, 0.2) is 0 Å². The van der Waals surface area contributed by atoms with E-state index >= 15 is 0 Å². The van der Waals surface area contributed by atoms with Crippen LogP contribution in [0.1, 0.15) is 15.9 Å². The van der Waals surface area contributed by atoms with Gasteiger partial charge in [0.05, 0.1) is 37.4 Å². The summed E-state index contributed by atoms with van der Waals surface area (Å²) in [5.74, 6) is -2.37. The molecule has 0 saturated heterocycles. The molecule has 4 aromatic rings. The summed E-state index contributed by atoms with van der Waals surface area (Å²) in [5, 5.41) is 13.3. The Kier molecular flexibility index (Phi) is 7.03. The highest BCUT2D eigenvalue weighted by molar-refractivity contribution is 6.39. The molecule has 0 aliphatic carbocycles. The number of aromatic nitrogens is 1. The molecular weight excluding hydrogens is 502 g/mol. The maximum atomic E-state index is 14.3. The molecule has 1 aromatic heterocycles. The number of aliphatic carboxylic acids is 1. The van der Waals surface area contributed by atoms with E-state index in [4.69, 9.17) is 34.8 Å². The van der Waals surface area contributed by atoms with Crippen molar-refractivity contribution in [3.63, 3.8) is 0 Å². The second-order valence-corrected chi connectivity index (χ2v) is 8.71. The first-order valence-corrected chi connectivity index (χ1v) is 11.2. The number of benzene rings is 3. The van der Waals surface area contributed by atoms with Gasteiger partial charge in [-0.05, 0) is 48.0 Å². The summed E-state index contributed by atoms with van der Waals surface area (Å²) < 4.78 is 14.3. The molecule has 0 spiro atoms. The number of hydrogen-bond acceptors (Lipinski definition) is 3. The van der Waals surface area contributed by atoms with Crippen LogP contribution < -0.4 is 5.32 Å². The van der Waals surface area contributed by atoms with Crippen molar-refractivity contribution >= 4 is 57.6 Å². The molecule has 5 nitrogen and oxygen atoms in total. The quantitative estimate of drug-likeness (QED) is 0.309. The zero-order valence-electron chi connectivity index (χ0n) is 17.4. The number of rotatable bonds is 6. The molecule has 0 aliphatic rings. The van der Waals surface area contributed by atoms with Gasteiger partial charge in [-0.15, -0.1) is 0 Å². The molecule has 1 heterocycles. The van der Waals surface area contributed by atoms with Gasteiger partial charge in [0.25, 0.3) is 5.91 Å². The maximum Gasteiger partial charge on any atom is 0.326 e. The van der Waals surface area contributed by atoms with Crippen LogP contribution in [0.5, 0.6) is 0 Å². The van der Waals surface area contributed by atoms with Crippen LogP contribution >= 0.6 is 34.8 Å². The van der Waals surface area contributed by atoms with Gasteiger partial charge in [0.1, 0.15) is 11.9 Å². The fourth-order valence-corrected chi connectivity index (χ4v) is 4.39. The third-order valence-electron chi connectivity index (χ3n) is 5.21. The molecule has 1 amide bonds. The predicted octanol–water partition coefficient (Wildman–Crippen LogP) is 6.43. The first-order valence-electron chi connectivity index (χ1n) is 10.1. The van der Waals surface area contributed by atoms with Crippen molar-refractivity contribution in [2.24, 2.45) is 0 Å². The van der Waals surface area contributed by atoms with Crippen LogP contribution in [0, 0.1) is 5.82 Å². The second-order valence-electron chi connectivity index (χ2n) is 7.49. The molecule has 0 bridgehead atoms. The largest absolute Gasteiger partial charge is 0.480 e. The number of halogens is 4. The summed E-state index contributed by atoms with van der Waals surface area (Å²) in [7, 11) is 0. The number of carbonyl (C=O) groups excluding carboxylic acids is 1. The van der Waals surface area contributed by atoms with Gasteiger partial charge in [-0.3, -0.25) is 4.79 Å². The van der Waals surface area contributed by atoms with E-state index in [-0.39, 0.29) is 32.6 Å². The highest BCUT2D eigenvalue weighted by Gasteiger charge is 2.24. The van der Waals surface area contributed by atoms with Crippen LogP contribution in [0.4, 0.5) is 4.39 Å². The van der Waals surface area contributed by atoms with Crippen LogP contribution in [-0.4, -0.2) is 28.0 Å². The summed E-state index contributed by atoms with van der Waals surface area (Å²) in [5.41, 5.74) is 1.85. The van der Waals surface area contributed by atoms with Crippen LogP contribution in [-0.2, 0) is 11.2 Å². The summed E-state index contributed by atoms with van der Waals surface area (Å²) >= 11 is 18.3. The first kappa shape index (κ1) is 24.0. The normalized spacial score (nSPS) is 11.9. The molecular formula is C25H16Cl3FN2O3. The number of nitrogens with zero attached hydrogens (tertiary/aromatic N) is 1. The Morgan fingerprint density at radius 3 is 2.29 bits per heavy atom. The molecule has 9 heteroatoms. The minimum absolute atomic E-state index is 0.0131. The second kappa shape index (κ2) is 9.97. The average Bonchev–Trinajstić information content (AvgIpc) is 2.78. The molecule has 0 aliphatic heterocycles. The standard InChI is InChI=1S/C25H16Cl3FN2O3/c26-15-3-1-4-16(27)22(15)24(32)31-21(25(33)34)12-13-7-9-19-14(11-13)8-10-20(30-19)23-17(28)5-2-6-18(23)29/h1-11,21H,12H2,(H,31,32)(H,33,34)/t21-/m0/s1. The van der Waals surface area contributed by atoms with Gasteiger partial charge in [0.2, 0.25) is 0 Å². The Balaban J connectivity index is 1.59. The maximum absolute atomic E-state index is 14.3. The Morgan fingerprint density at radius 2 is 1.62 bits per heavy atom. The molecule has 172 valence electrons. The number of carboxylic acids is 1. The van der Waals surface area contributed by atoms with E-state index in [0.29, 0.717) is 16.8 Å². The number of hydrogen-bond donors (Lipinski definition) is 2. The number of nitrogens with one attached hydrogen (secondary N) is 1. The molecule has 3 aromatic carbocycles. The van der Waals surface area contributed by atoms with Crippen LogP contribution in [0.15, 0.2) is 66.7 Å². The third kappa shape index (κ3) is 4.99. The zero-order chi connectivity index (χ0) is 24.4. The summed E-state index contributed by atoms with van der Waals surface area (Å²) in [4.78, 5) is 29.0. The van der Waals surface area contributed by atoms with Crippen molar-refractivity contribution in [2.75, 3.05) is 0 Å². The Labute approximate surface area is 209 Å². The van der Waals surface area contributed by atoms with Crippen molar-refractivity contribution in [3.05, 3.63) is 98.7 Å². The van der Waals surface area contributed by atoms with Gasteiger partial charge in [-0.2, -0.15) is 0 Å². The molecule has 2 N–H and O–H groups in total. The molecule has 0 radical (unpaired) electrons. The van der Waals surface area contributed by atoms with Crippen molar-refractivity contribution in [1.82, 2.24) is 10.3 Å². The highest BCUT2D eigenvalue weighted by atomic mass is 35.5. The third-order valence-corrected chi connectivity index (χ3v) is 6.15. The van der Waals surface area contributed by atoms with E-state index in [1.54, 1.807) is 42.5 Å². The van der Waals surface area contributed by atoms with Gasteiger partial charge in [-0.25, -0.2) is 14.2 Å². The first-order chi connectivity index (χ1) is 16.2. The molecule has 4 rings (SSSR count). The number of fused-ring (bicyclic) bond motifs is 1. The Morgan fingerprint density at radius 1 is 0.941 bits per heavy atom. The van der Waals surface area contributed by atoms with Crippen molar-refractivity contribution in [1.29, 1.82) is 0 Å².